The number of carboxylic acids is 1. The molecule has 4 unspecified atom stereocenters. The molecular weight excluding hydrogens is 664 g/mol. The Hall–Kier alpha value is -4.93. The van der Waals surface area contributed by atoms with Crippen LogP contribution < -0.4 is 5.32 Å². The van der Waals surface area contributed by atoms with Gasteiger partial charge >= 0.3 is 5.97 Å². The second kappa shape index (κ2) is 20.7. The summed E-state index contributed by atoms with van der Waals surface area (Å²) in [6.45, 7) is 5.83. The van der Waals surface area contributed by atoms with Crippen LogP contribution in [0.4, 0.5) is 0 Å². The summed E-state index contributed by atoms with van der Waals surface area (Å²) in [7, 11) is 2.48. The molecule has 15 heteroatoms. The Kier molecular flexibility index (Phi) is 17.1. The van der Waals surface area contributed by atoms with Gasteiger partial charge in [0, 0.05) is 33.2 Å². The van der Waals surface area contributed by atoms with E-state index in [1.165, 1.54) is 39.6 Å². The molecule has 0 spiro atoms. The first-order valence-electron chi connectivity index (χ1n) is 16.0. The summed E-state index contributed by atoms with van der Waals surface area (Å²) >= 11 is 0. The number of nitrogens with one attached hydrogen (secondary N) is 1. The van der Waals surface area contributed by atoms with Crippen LogP contribution in [0.1, 0.15) is 33.5 Å². The molecule has 278 valence electrons. The number of oxazole rings is 1. The molecule has 2 rings (SSSR count). The molecule has 1 aliphatic heterocycles. The Morgan fingerprint density at radius 2 is 1.73 bits per heavy atom. The van der Waals surface area contributed by atoms with E-state index in [-0.39, 0.29) is 17.5 Å². The number of ether oxygens (including phenoxy) is 3. The number of nitrogens with zero attached hydrogens (tertiary/aromatic N) is 3. The molecule has 51 heavy (non-hydrogen) atoms. The van der Waals surface area contributed by atoms with Crippen LogP contribution in [-0.4, -0.2) is 112 Å². The molecule has 1 fully saturated rings. The number of hydrogen-bond donors (Lipinski definition) is 4. The average Bonchev–Trinajstić information content (AvgIpc) is 3.82. The Morgan fingerprint density at radius 3 is 2.33 bits per heavy atom. The third kappa shape index (κ3) is 12.1. The molecule has 0 saturated carbocycles. The monoisotopic (exact) mass is 712 g/mol. The standard InChI is InChI=1S/C36H48N4O11/c1-26(18-14-11-12-15-19-28-22-37-24-50-28)31(42)35(3,4)33(45)38-21-17-13-9-7-8-10-16-20-29(41)40(47)36(23-49-25-51-36)34(46)39(5)30(32(43)44)27(2)48-6/h7-18,20,22,24,27,30-31,42,47H,19,21,23,25H2,1-6H3,(H,38,45)(H,43,44). The third-order valence-electron chi connectivity index (χ3n) is 7.90. The number of aliphatic hydroxyl groups excluding tert-OH is 1. The van der Waals surface area contributed by atoms with Crippen molar-refractivity contribution < 1.29 is 53.2 Å². The smallest absolute Gasteiger partial charge is 0.329 e. The Bertz CT molecular complexity index is 1520. The number of amides is 3. The number of hydrogen-bond acceptors (Lipinski definition) is 11. The van der Waals surface area contributed by atoms with E-state index >= 15 is 0 Å². The van der Waals surface area contributed by atoms with Gasteiger partial charge < -0.3 is 39.1 Å². The van der Waals surface area contributed by atoms with E-state index in [0.717, 1.165) is 16.7 Å². The molecule has 0 aliphatic carbocycles. The van der Waals surface area contributed by atoms with Crippen molar-refractivity contribution in [3.8, 4) is 0 Å². The maximum Gasteiger partial charge on any atom is 0.329 e. The molecule has 1 aliphatic rings. The predicted octanol–water partition coefficient (Wildman–Crippen LogP) is 2.87. The lowest BCUT2D eigenvalue weighted by Gasteiger charge is -2.37. The number of aliphatic carboxylic acids is 1. The zero-order valence-electron chi connectivity index (χ0n) is 29.7. The number of rotatable bonds is 19. The minimum Gasteiger partial charge on any atom is -0.480 e. The largest absolute Gasteiger partial charge is 0.480 e. The number of carbonyl (C=O) groups is 4. The maximum atomic E-state index is 13.3. The SMILES string of the molecule is COC(C)C(C(=O)O)N(C)C(=O)C1(N(O)C(=O)C=CC=CC=CC=CCNC(=O)C(C)(C)C(O)C(C)=CC=CC=CCc2cnco2)COCO1. The number of likely N-dealkylation sites (N-methyl/N-ethyl adjacent to an activating group) is 1. The lowest BCUT2D eigenvalue weighted by atomic mass is 9.81. The fraction of sp³-hybridized carbons (Fsp3) is 0.417. The van der Waals surface area contributed by atoms with Crippen molar-refractivity contribution in [2.24, 2.45) is 5.41 Å². The highest BCUT2D eigenvalue weighted by atomic mass is 16.8. The molecule has 0 radical (unpaired) electrons. The molecule has 4 N–H and O–H groups in total. The summed E-state index contributed by atoms with van der Waals surface area (Å²) in [6.07, 6.45) is 23.0. The minimum absolute atomic E-state index is 0.0734. The van der Waals surface area contributed by atoms with Crippen molar-refractivity contribution in [1.82, 2.24) is 20.3 Å². The fourth-order valence-electron chi connectivity index (χ4n) is 4.74. The highest BCUT2D eigenvalue weighted by Crippen LogP contribution is 2.27. The van der Waals surface area contributed by atoms with Crippen molar-refractivity contribution >= 4 is 23.7 Å². The van der Waals surface area contributed by atoms with E-state index in [4.69, 9.17) is 18.6 Å². The summed E-state index contributed by atoms with van der Waals surface area (Å²) in [4.78, 5) is 55.3. The van der Waals surface area contributed by atoms with E-state index in [1.807, 2.05) is 18.2 Å². The van der Waals surface area contributed by atoms with Crippen LogP contribution in [0, 0.1) is 5.41 Å². The van der Waals surface area contributed by atoms with E-state index < -0.39 is 60.6 Å². The Balaban J connectivity index is 1.85. The molecule has 1 aromatic rings. The van der Waals surface area contributed by atoms with Crippen LogP contribution in [0.25, 0.3) is 0 Å². The summed E-state index contributed by atoms with van der Waals surface area (Å²) < 4.78 is 20.7. The minimum atomic E-state index is -2.29. The van der Waals surface area contributed by atoms with Crippen molar-refractivity contribution in [3.63, 3.8) is 0 Å². The van der Waals surface area contributed by atoms with Crippen LogP contribution in [0.5, 0.6) is 0 Å². The molecule has 1 aromatic heterocycles. The van der Waals surface area contributed by atoms with Crippen LogP contribution in [-0.2, 0) is 39.8 Å². The van der Waals surface area contributed by atoms with Gasteiger partial charge in [0.2, 0.25) is 5.91 Å². The number of aromatic nitrogens is 1. The topological polar surface area (TPSA) is 201 Å². The van der Waals surface area contributed by atoms with E-state index in [2.05, 4.69) is 10.3 Å². The molecule has 2 heterocycles. The van der Waals surface area contributed by atoms with E-state index in [9.17, 15) is 34.6 Å². The van der Waals surface area contributed by atoms with Crippen LogP contribution in [0.3, 0.4) is 0 Å². The molecular formula is C36H48N4O11. The molecule has 0 aromatic carbocycles. The second-order valence-corrected chi connectivity index (χ2v) is 12.0. The molecule has 0 bridgehead atoms. The van der Waals surface area contributed by atoms with Crippen LogP contribution in [0.2, 0.25) is 0 Å². The van der Waals surface area contributed by atoms with Crippen molar-refractivity contribution in [3.05, 3.63) is 103 Å². The number of carboxylic acid groups (broad SMARTS) is 1. The highest BCUT2D eigenvalue weighted by molar-refractivity contribution is 5.95. The summed E-state index contributed by atoms with van der Waals surface area (Å²) in [6, 6.07) is -1.43. The third-order valence-corrected chi connectivity index (χ3v) is 7.90. The van der Waals surface area contributed by atoms with Gasteiger partial charge in [-0.15, -0.1) is 0 Å². The van der Waals surface area contributed by atoms with Gasteiger partial charge in [0.05, 0.1) is 23.8 Å². The van der Waals surface area contributed by atoms with Gasteiger partial charge in [0.25, 0.3) is 17.5 Å². The predicted molar refractivity (Wildman–Crippen MR) is 186 cm³/mol. The summed E-state index contributed by atoms with van der Waals surface area (Å²) in [5.74, 6) is -2.95. The Labute approximate surface area is 297 Å². The first-order chi connectivity index (χ1) is 24.2. The van der Waals surface area contributed by atoms with Crippen LogP contribution in [0.15, 0.2) is 102 Å². The average molecular weight is 713 g/mol. The van der Waals surface area contributed by atoms with Crippen LogP contribution >= 0.6 is 0 Å². The zero-order valence-corrected chi connectivity index (χ0v) is 29.7. The number of hydroxylamine groups is 2. The summed E-state index contributed by atoms with van der Waals surface area (Å²) in [5, 5.41) is 33.9. The number of carbonyl (C=O) groups excluding carboxylic acids is 3. The van der Waals surface area contributed by atoms with Crippen molar-refractivity contribution in [2.45, 2.75) is 58.1 Å². The van der Waals surface area contributed by atoms with Gasteiger partial charge in [-0.2, -0.15) is 5.06 Å². The van der Waals surface area contributed by atoms with Gasteiger partial charge in [-0.3, -0.25) is 19.6 Å². The fourth-order valence-corrected chi connectivity index (χ4v) is 4.74. The number of aliphatic hydroxyl groups is 1. The molecule has 4 atom stereocenters. The van der Waals surface area contributed by atoms with Gasteiger partial charge in [-0.25, -0.2) is 9.78 Å². The number of methoxy groups -OCH3 is 1. The first-order valence-corrected chi connectivity index (χ1v) is 16.0. The van der Waals surface area contributed by atoms with Crippen molar-refractivity contribution in [1.29, 1.82) is 0 Å². The highest BCUT2D eigenvalue weighted by Gasteiger charge is 2.54. The van der Waals surface area contributed by atoms with E-state index in [0.29, 0.717) is 12.0 Å². The number of allylic oxidation sites excluding steroid dienone is 11. The first kappa shape index (κ1) is 42.2. The van der Waals surface area contributed by atoms with Gasteiger partial charge in [0.15, 0.2) is 19.2 Å². The van der Waals surface area contributed by atoms with E-state index in [1.54, 1.807) is 69.5 Å². The molecule has 3 amide bonds. The lowest BCUT2D eigenvalue weighted by Crippen LogP contribution is -2.64. The summed E-state index contributed by atoms with van der Waals surface area (Å²) in [5.41, 5.74) is -2.75. The van der Waals surface area contributed by atoms with Gasteiger partial charge in [-0.05, 0) is 33.3 Å². The second-order valence-electron chi connectivity index (χ2n) is 12.0. The normalized spacial score (nSPS) is 19.2. The maximum absolute atomic E-state index is 13.3. The zero-order chi connectivity index (χ0) is 38.0. The lowest BCUT2D eigenvalue weighted by molar-refractivity contribution is -0.246. The Morgan fingerprint density at radius 1 is 1.08 bits per heavy atom. The van der Waals surface area contributed by atoms with Crippen molar-refractivity contribution in [2.75, 3.05) is 34.1 Å². The molecule has 1 saturated heterocycles. The molecule has 15 nitrogen and oxygen atoms in total. The van der Waals surface area contributed by atoms with Gasteiger partial charge in [0.1, 0.15) is 12.4 Å². The van der Waals surface area contributed by atoms with Gasteiger partial charge in [-0.1, -0.05) is 72.9 Å². The quantitative estimate of drug-likeness (QED) is 0.0709.